The zero-order valence-corrected chi connectivity index (χ0v) is 8.81. The Bertz CT molecular complexity index is 365. The van der Waals surface area contributed by atoms with Crippen LogP contribution in [0.2, 0.25) is 0 Å². The van der Waals surface area contributed by atoms with Crippen LogP contribution in [0.1, 0.15) is 13.8 Å². The first-order valence-electron chi connectivity index (χ1n) is 4.77. The largest absolute Gasteiger partial charge is 0.255 e. The van der Waals surface area contributed by atoms with Crippen molar-refractivity contribution in [1.29, 1.82) is 0 Å². The third-order valence-electron chi connectivity index (χ3n) is 1.63. The molecule has 3 heteroatoms. The normalized spacial score (nSPS) is 9.07. The molecule has 3 nitrogen and oxygen atoms in total. The second kappa shape index (κ2) is 5.17. The molecule has 1 heterocycles. The SMILES string of the molecule is CC.Cn1cnc(-c2ccccc2)n1. The third kappa shape index (κ3) is 2.42. The maximum atomic E-state index is 4.19. The molecule has 1 aromatic carbocycles. The van der Waals surface area contributed by atoms with Crippen LogP contribution in [0.25, 0.3) is 11.4 Å². The van der Waals surface area contributed by atoms with Gasteiger partial charge in [0.1, 0.15) is 6.33 Å². The third-order valence-corrected chi connectivity index (χ3v) is 1.63. The van der Waals surface area contributed by atoms with Crippen LogP contribution in [0.3, 0.4) is 0 Å². The maximum absolute atomic E-state index is 4.19. The number of aromatic nitrogens is 3. The number of hydrogen-bond acceptors (Lipinski definition) is 2. The molecule has 0 spiro atoms. The lowest BCUT2D eigenvalue weighted by Crippen LogP contribution is -1.87. The van der Waals surface area contributed by atoms with Crippen LogP contribution in [0, 0.1) is 0 Å². The summed E-state index contributed by atoms with van der Waals surface area (Å²) in [6.45, 7) is 4.00. The van der Waals surface area contributed by atoms with Gasteiger partial charge in [-0.15, -0.1) is 0 Å². The Morgan fingerprint density at radius 2 is 1.71 bits per heavy atom. The van der Waals surface area contributed by atoms with E-state index in [0.717, 1.165) is 11.4 Å². The zero-order chi connectivity index (χ0) is 10.4. The van der Waals surface area contributed by atoms with E-state index in [1.807, 2.05) is 51.2 Å². The lowest BCUT2D eigenvalue weighted by atomic mass is 10.2. The Hall–Kier alpha value is -1.64. The molecule has 2 aromatic rings. The molecule has 0 atom stereocenters. The van der Waals surface area contributed by atoms with Crippen molar-refractivity contribution in [3.63, 3.8) is 0 Å². The molecule has 14 heavy (non-hydrogen) atoms. The molecule has 0 aliphatic heterocycles. The molecular formula is C11H15N3. The maximum Gasteiger partial charge on any atom is 0.181 e. The first-order valence-corrected chi connectivity index (χ1v) is 4.77. The Morgan fingerprint density at radius 3 is 2.21 bits per heavy atom. The van der Waals surface area contributed by atoms with E-state index in [4.69, 9.17) is 0 Å². The van der Waals surface area contributed by atoms with E-state index in [2.05, 4.69) is 10.1 Å². The minimum absolute atomic E-state index is 0.776. The standard InChI is InChI=1S/C9H9N3.C2H6/c1-12-7-10-9(11-12)8-5-3-2-4-6-8;1-2/h2-7H,1H3;1-2H3. The number of benzene rings is 1. The highest BCUT2D eigenvalue weighted by Gasteiger charge is 1.99. The Kier molecular flexibility index (Phi) is 3.85. The minimum atomic E-state index is 0.776. The molecule has 0 aliphatic rings. The molecule has 0 fully saturated rings. The molecule has 74 valence electrons. The van der Waals surface area contributed by atoms with Crippen molar-refractivity contribution in [2.24, 2.45) is 7.05 Å². The minimum Gasteiger partial charge on any atom is -0.255 e. The number of rotatable bonds is 1. The monoisotopic (exact) mass is 189 g/mol. The average Bonchev–Trinajstić information content (AvgIpc) is 2.69. The van der Waals surface area contributed by atoms with Crippen LogP contribution in [-0.4, -0.2) is 14.8 Å². The average molecular weight is 189 g/mol. The van der Waals surface area contributed by atoms with Crippen molar-refractivity contribution in [3.8, 4) is 11.4 Å². The van der Waals surface area contributed by atoms with Gasteiger partial charge in [0.2, 0.25) is 0 Å². The van der Waals surface area contributed by atoms with Crippen LogP contribution in [0.5, 0.6) is 0 Å². The van der Waals surface area contributed by atoms with Crippen LogP contribution in [0.15, 0.2) is 36.7 Å². The summed E-state index contributed by atoms with van der Waals surface area (Å²) in [5, 5.41) is 4.19. The fourth-order valence-electron chi connectivity index (χ4n) is 1.06. The van der Waals surface area contributed by atoms with Crippen molar-refractivity contribution in [2.75, 3.05) is 0 Å². The summed E-state index contributed by atoms with van der Waals surface area (Å²) in [6.07, 6.45) is 1.70. The van der Waals surface area contributed by atoms with E-state index in [-0.39, 0.29) is 0 Å². The number of hydrogen-bond donors (Lipinski definition) is 0. The van der Waals surface area contributed by atoms with Gasteiger partial charge >= 0.3 is 0 Å². The van der Waals surface area contributed by atoms with Gasteiger partial charge in [0, 0.05) is 12.6 Å². The molecule has 0 amide bonds. The van der Waals surface area contributed by atoms with E-state index < -0.39 is 0 Å². The molecule has 0 aliphatic carbocycles. The Labute approximate surface area is 84.4 Å². The van der Waals surface area contributed by atoms with Crippen LogP contribution >= 0.6 is 0 Å². The smallest absolute Gasteiger partial charge is 0.181 e. The van der Waals surface area contributed by atoms with Crippen molar-refractivity contribution in [3.05, 3.63) is 36.7 Å². The van der Waals surface area contributed by atoms with E-state index in [0.29, 0.717) is 0 Å². The van der Waals surface area contributed by atoms with E-state index in [1.165, 1.54) is 0 Å². The lowest BCUT2D eigenvalue weighted by Gasteiger charge is -1.91. The highest BCUT2D eigenvalue weighted by Crippen LogP contribution is 2.11. The predicted molar refractivity (Wildman–Crippen MR) is 57.8 cm³/mol. The van der Waals surface area contributed by atoms with Gasteiger partial charge in [-0.3, -0.25) is 4.68 Å². The van der Waals surface area contributed by atoms with E-state index in [9.17, 15) is 0 Å². The van der Waals surface area contributed by atoms with Crippen LogP contribution < -0.4 is 0 Å². The summed E-state index contributed by atoms with van der Waals surface area (Å²) in [7, 11) is 1.86. The predicted octanol–water partition coefficient (Wildman–Crippen LogP) is 2.51. The van der Waals surface area contributed by atoms with Gasteiger partial charge in [-0.05, 0) is 0 Å². The van der Waals surface area contributed by atoms with Crippen molar-refractivity contribution in [2.45, 2.75) is 13.8 Å². The highest BCUT2D eigenvalue weighted by atomic mass is 15.3. The number of aryl methyl sites for hydroxylation is 1. The first kappa shape index (κ1) is 10.4. The summed E-state index contributed by atoms with van der Waals surface area (Å²) >= 11 is 0. The fourth-order valence-corrected chi connectivity index (χ4v) is 1.06. The topological polar surface area (TPSA) is 30.7 Å². The van der Waals surface area contributed by atoms with Gasteiger partial charge < -0.3 is 0 Å². The van der Waals surface area contributed by atoms with Crippen LogP contribution in [-0.2, 0) is 7.05 Å². The number of nitrogens with zero attached hydrogens (tertiary/aromatic N) is 3. The van der Waals surface area contributed by atoms with E-state index >= 15 is 0 Å². The van der Waals surface area contributed by atoms with Gasteiger partial charge in [0.05, 0.1) is 0 Å². The summed E-state index contributed by atoms with van der Waals surface area (Å²) in [4.78, 5) is 4.14. The second-order valence-electron chi connectivity index (χ2n) is 2.61. The zero-order valence-electron chi connectivity index (χ0n) is 8.81. The molecule has 2 rings (SSSR count). The quantitative estimate of drug-likeness (QED) is 0.690. The molecule has 0 radical (unpaired) electrons. The molecule has 0 bridgehead atoms. The van der Waals surface area contributed by atoms with Gasteiger partial charge in [0.25, 0.3) is 0 Å². The van der Waals surface area contributed by atoms with Gasteiger partial charge in [-0.2, -0.15) is 5.10 Å². The Balaban J connectivity index is 0.000000461. The van der Waals surface area contributed by atoms with Gasteiger partial charge in [-0.25, -0.2) is 4.98 Å². The Morgan fingerprint density at radius 1 is 1.07 bits per heavy atom. The lowest BCUT2D eigenvalue weighted by molar-refractivity contribution is 0.768. The van der Waals surface area contributed by atoms with Crippen molar-refractivity contribution < 1.29 is 0 Å². The summed E-state index contributed by atoms with van der Waals surface area (Å²) in [6, 6.07) is 9.93. The van der Waals surface area contributed by atoms with E-state index in [1.54, 1.807) is 11.0 Å². The molecule has 1 aromatic heterocycles. The summed E-state index contributed by atoms with van der Waals surface area (Å²) in [5.74, 6) is 0.776. The highest BCUT2D eigenvalue weighted by molar-refractivity contribution is 5.53. The molecule has 0 unspecified atom stereocenters. The van der Waals surface area contributed by atoms with Gasteiger partial charge in [0.15, 0.2) is 5.82 Å². The molecular weight excluding hydrogens is 174 g/mol. The molecule has 0 saturated heterocycles. The fraction of sp³-hybridized carbons (Fsp3) is 0.273. The molecule has 0 N–H and O–H groups in total. The first-order chi connectivity index (χ1) is 6.86. The summed E-state index contributed by atoms with van der Waals surface area (Å²) < 4.78 is 1.70. The summed E-state index contributed by atoms with van der Waals surface area (Å²) in [5.41, 5.74) is 1.05. The van der Waals surface area contributed by atoms with Gasteiger partial charge in [-0.1, -0.05) is 44.2 Å². The van der Waals surface area contributed by atoms with Crippen molar-refractivity contribution >= 4 is 0 Å². The van der Waals surface area contributed by atoms with Crippen molar-refractivity contribution in [1.82, 2.24) is 14.8 Å². The van der Waals surface area contributed by atoms with Crippen LogP contribution in [0.4, 0.5) is 0 Å². The molecule has 0 saturated carbocycles. The second-order valence-corrected chi connectivity index (χ2v) is 2.61.